The third-order valence-electron chi connectivity index (χ3n) is 4.77. The van der Waals surface area contributed by atoms with Gasteiger partial charge in [-0.05, 0) is 49.8 Å². The molecule has 3 heterocycles. The lowest BCUT2D eigenvalue weighted by molar-refractivity contribution is -0.117. The van der Waals surface area contributed by atoms with Gasteiger partial charge in [0.15, 0.2) is 0 Å². The number of nitrogen functional groups attached to an aromatic ring is 2. The number of aromatic nitrogens is 3. The van der Waals surface area contributed by atoms with Gasteiger partial charge in [0, 0.05) is 28.8 Å². The van der Waals surface area contributed by atoms with Crippen molar-refractivity contribution in [2.45, 2.75) is 26.7 Å². The van der Waals surface area contributed by atoms with E-state index < -0.39 is 0 Å². The van der Waals surface area contributed by atoms with Crippen LogP contribution in [0.25, 0.3) is 22.0 Å². The fourth-order valence-electron chi connectivity index (χ4n) is 3.07. The number of hydrogen-bond donors (Lipinski definition) is 3. The molecule has 0 unspecified atom stereocenters. The number of nitrogens with two attached hydrogens (primary N) is 2. The minimum atomic E-state index is 0.0193. The molecule has 7 heteroatoms. The van der Waals surface area contributed by atoms with Crippen LogP contribution in [0, 0.1) is 19.8 Å². The summed E-state index contributed by atoms with van der Waals surface area (Å²) < 4.78 is 0. The van der Waals surface area contributed by atoms with Crippen LogP contribution in [-0.2, 0) is 4.79 Å². The second kappa shape index (κ2) is 5.94. The van der Waals surface area contributed by atoms with Crippen molar-refractivity contribution < 1.29 is 4.79 Å². The zero-order chi connectivity index (χ0) is 18.4. The van der Waals surface area contributed by atoms with E-state index in [1.165, 1.54) is 0 Å². The average Bonchev–Trinajstić information content (AvgIpc) is 3.43. The largest absolute Gasteiger partial charge is 0.397 e. The third-order valence-corrected chi connectivity index (χ3v) is 4.77. The molecule has 5 N–H and O–H groups in total. The SMILES string of the molecule is Cc1ncc(N)c(C)c1-c1cc2cc(NC(=O)C3CC3)ncc2c(N)n1. The van der Waals surface area contributed by atoms with Crippen molar-refractivity contribution in [1.29, 1.82) is 0 Å². The maximum absolute atomic E-state index is 12.0. The topological polar surface area (TPSA) is 120 Å². The molecule has 0 atom stereocenters. The van der Waals surface area contributed by atoms with Crippen molar-refractivity contribution in [2.24, 2.45) is 5.92 Å². The van der Waals surface area contributed by atoms with E-state index in [4.69, 9.17) is 11.5 Å². The van der Waals surface area contributed by atoms with E-state index >= 15 is 0 Å². The van der Waals surface area contributed by atoms with Gasteiger partial charge in [-0.2, -0.15) is 0 Å². The Morgan fingerprint density at radius 2 is 1.92 bits per heavy atom. The van der Waals surface area contributed by atoms with Crippen LogP contribution in [0.15, 0.2) is 24.5 Å². The minimum absolute atomic E-state index is 0.0193. The Bertz CT molecular complexity index is 1040. The minimum Gasteiger partial charge on any atom is -0.397 e. The van der Waals surface area contributed by atoms with Crippen molar-refractivity contribution >= 4 is 34.0 Å². The quantitative estimate of drug-likeness (QED) is 0.669. The molecule has 0 spiro atoms. The molecule has 0 aliphatic heterocycles. The molecular formula is C19H20N6O. The molecule has 1 aliphatic rings. The summed E-state index contributed by atoms with van der Waals surface area (Å²) in [5, 5.41) is 4.46. The number of anilines is 3. The molecule has 0 bridgehead atoms. The van der Waals surface area contributed by atoms with Crippen molar-refractivity contribution in [3.8, 4) is 11.3 Å². The second-order valence-electron chi connectivity index (χ2n) is 6.75. The van der Waals surface area contributed by atoms with Crippen LogP contribution in [0.5, 0.6) is 0 Å². The van der Waals surface area contributed by atoms with Gasteiger partial charge in [-0.25, -0.2) is 9.97 Å². The predicted molar refractivity (Wildman–Crippen MR) is 102 cm³/mol. The molecule has 26 heavy (non-hydrogen) atoms. The molecule has 7 nitrogen and oxygen atoms in total. The Morgan fingerprint density at radius 3 is 2.65 bits per heavy atom. The lowest BCUT2D eigenvalue weighted by Gasteiger charge is -2.13. The zero-order valence-electron chi connectivity index (χ0n) is 14.7. The van der Waals surface area contributed by atoms with Crippen molar-refractivity contribution in [1.82, 2.24) is 15.0 Å². The van der Waals surface area contributed by atoms with E-state index in [0.717, 1.165) is 40.4 Å². The number of nitrogens with one attached hydrogen (secondary N) is 1. The first-order valence-corrected chi connectivity index (χ1v) is 8.53. The molecule has 0 aromatic carbocycles. The van der Waals surface area contributed by atoms with Crippen molar-refractivity contribution in [3.05, 3.63) is 35.8 Å². The first-order chi connectivity index (χ1) is 12.4. The van der Waals surface area contributed by atoms with Crippen LogP contribution in [0.4, 0.5) is 17.3 Å². The molecular weight excluding hydrogens is 328 g/mol. The smallest absolute Gasteiger partial charge is 0.228 e. The monoisotopic (exact) mass is 348 g/mol. The normalized spacial score (nSPS) is 13.8. The summed E-state index contributed by atoms with van der Waals surface area (Å²) in [5.41, 5.74) is 16.1. The molecule has 1 saturated carbocycles. The number of nitrogens with zero attached hydrogens (tertiary/aromatic N) is 3. The van der Waals surface area contributed by atoms with Crippen LogP contribution in [-0.4, -0.2) is 20.9 Å². The number of carbonyl (C=O) groups is 1. The van der Waals surface area contributed by atoms with Gasteiger partial charge < -0.3 is 16.8 Å². The van der Waals surface area contributed by atoms with Crippen LogP contribution < -0.4 is 16.8 Å². The van der Waals surface area contributed by atoms with Crippen LogP contribution >= 0.6 is 0 Å². The molecule has 1 amide bonds. The zero-order valence-corrected chi connectivity index (χ0v) is 14.7. The van der Waals surface area contributed by atoms with Gasteiger partial charge in [0.2, 0.25) is 5.91 Å². The highest BCUT2D eigenvalue weighted by Gasteiger charge is 2.29. The lowest BCUT2D eigenvalue weighted by atomic mass is 10.0. The summed E-state index contributed by atoms with van der Waals surface area (Å²) in [4.78, 5) is 25.1. The molecule has 3 aromatic heterocycles. The Kier molecular flexibility index (Phi) is 3.72. The van der Waals surface area contributed by atoms with Gasteiger partial charge in [0.25, 0.3) is 0 Å². The number of fused-ring (bicyclic) bond motifs is 1. The van der Waals surface area contributed by atoms with Gasteiger partial charge in [-0.1, -0.05) is 0 Å². The number of pyridine rings is 3. The van der Waals surface area contributed by atoms with Gasteiger partial charge in [-0.3, -0.25) is 9.78 Å². The first-order valence-electron chi connectivity index (χ1n) is 8.53. The average molecular weight is 348 g/mol. The highest BCUT2D eigenvalue weighted by molar-refractivity contribution is 5.98. The van der Waals surface area contributed by atoms with E-state index in [1.807, 2.05) is 26.0 Å². The standard InChI is InChI=1S/C19H20N6O/c1-9-14(20)8-22-10(2)17(9)15-5-12-6-16(25-19(26)11-3-4-11)23-7-13(12)18(21)24-15/h5-8,11H,3-4,20H2,1-2H3,(H2,21,24)(H,23,25,26). The van der Waals surface area contributed by atoms with Crippen LogP contribution in [0.1, 0.15) is 24.1 Å². The molecule has 3 aromatic rings. The Morgan fingerprint density at radius 1 is 1.15 bits per heavy atom. The fraction of sp³-hybridized carbons (Fsp3) is 0.263. The van der Waals surface area contributed by atoms with E-state index in [2.05, 4.69) is 20.3 Å². The molecule has 1 aliphatic carbocycles. The second-order valence-corrected chi connectivity index (χ2v) is 6.75. The summed E-state index contributed by atoms with van der Waals surface area (Å²) in [6.45, 7) is 3.85. The number of aryl methyl sites for hydroxylation is 1. The highest BCUT2D eigenvalue weighted by Crippen LogP contribution is 2.33. The fourth-order valence-corrected chi connectivity index (χ4v) is 3.07. The summed E-state index contributed by atoms with van der Waals surface area (Å²) in [7, 11) is 0. The van der Waals surface area contributed by atoms with E-state index in [-0.39, 0.29) is 11.8 Å². The maximum Gasteiger partial charge on any atom is 0.228 e. The highest BCUT2D eigenvalue weighted by atomic mass is 16.2. The van der Waals surface area contributed by atoms with Gasteiger partial charge in [0.05, 0.1) is 17.6 Å². The molecule has 4 rings (SSSR count). The Labute approximate surface area is 150 Å². The van der Waals surface area contributed by atoms with Crippen molar-refractivity contribution in [3.63, 3.8) is 0 Å². The Balaban J connectivity index is 1.82. The number of hydrogen-bond acceptors (Lipinski definition) is 6. The van der Waals surface area contributed by atoms with E-state index in [1.54, 1.807) is 12.4 Å². The molecule has 0 saturated heterocycles. The van der Waals surface area contributed by atoms with Crippen LogP contribution in [0.2, 0.25) is 0 Å². The van der Waals surface area contributed by atoms with E-state index in [0.29, 0.717) is 23.0 Å². The van der Waals surface area contributed by atoms with E-state index in [9.17, 15) is 4.79 Å². The third kappa shape index (κ3) is 2.81. The lowest BCUT2D eigenvalue weighted by Crippen LogP contribution is -2.14. The summed E-state index contributed by atoms with van der Waals surface area (Å²) in [6, 6.07) is 3.75. The predicted octanol–water partition coefficient (Wildman–Crippen LogP) is 2.82. The van der Waals surface area contributed by atoms with Gasteiger partial charge >= 0.3 is 0 Å². The molecule has 1 fully saturated rings. The number of amides is 1. The number of rotatable bonds is 3. The van der Waals surface area contributed by atoms with Gasteiger partial charge in [-0.15, -0.1) is 0 Å². The molecule has 132 valence electrons. The first kappa shape index (κ1) is 16.3. The van der Waals surface area contributed by atoms with Gasteiger partial charge in [0.1, 0.15) is 11.6 Å². The summed E-state index contributed by atoms with van der Waals surface area (Å²) >= 11 is 0. The maximum atomic E-state index is 12.0. The number of carbonyl (C=O) groups excluding carboxylic acids is 1. The Hall–Kier alpha value is -3.22. The summed E-state index contributed by atoms with van der Waals surface area (Å²) in [5.74, 6) is 1.04. The van der Waals surface area contributed by atoms with Crippen molar-refractivity contribution in [2.75, 3.05) is 16.8 Å². The van der Waals surface area contributed by atoms with Crippen LogP contribution in [0.3, 0.4) is 0 Å². The molecule has 0 radical (unpaired) electrons. The summed E-state index contributed by atoms with van der Waals surface area (Å²) in [6.07, 6.45) is 5.18.